The van der Waals surface area contributed by atoms with Gasteiger partial charge in [0.15, 0.2) is 5.60 Å². The van der Waals surface area contributed by atoms with E-state index in [0.717, 1.165) is 0 Å². The summed E-state index contributed by atoms with van der Waals surface area (Å²) < 4.78 is 23.4. The molecular weight excluding hydrogens is 540 g/mol. The zero-order valence-electron chi connectivity index (χ0n) is 25.3. The van der Waals surface area contributed by atoms with E-state index >= 15 is 0 Å². The quantitative estimate of drug-likeness (QED) is 0.266. The van der Waals surface area contributed by atoms with Crippen LogP contribution >= 0.6 is 0 Å². The maximum Gasteiger partial charge on any atom is 0.338 e. The van der Waals surface area contributed by atoms with Gasteiger partial charge in [-0.05, 0) is 54.2 Å². The van der Waals surface area contributed by atoms with Crippen molar-refractivity contribution in [2.75, 3.05) is 6.61 Å². The molecule has 1 aromatic rings. The summed E-state index contributed by atoms with van der Waals surface area (Å²) in [6.07, 6.45) is 2.24. The minimum atomic E-state index is -1.82. The van der Waals surface area contributed by atoms with Gasteiger partial charge in [0.1, 0.15) is 18.8 Å². The monoisotopic (exact) mass is 580 g/mol. The molecule has 2 saturated carbocycles. The number of hydrogen-bond acceptors (Lipinski definition) is 9. The molecule has 1 aromatic carbocycles. The summed E-state index contributed by atoms with van der Waals surface area (Å²) in [5.41, 5.74) is -0.761. The molecular formula is C33H40O9. The molecule has 0 unspecified atom stereocenters. The van der Waals surface area contributed by atoms with Gasteiger partial charge in [-0.3, -0.25) is 19.2 Å². The Morgan fingerprint density at radius 3 is 2.21 bits per heavy atom. The van der Waals surface area contributed by atoms with Crippen molar-refractivity contribution in [1.29, 1.82) is 0 Å². The average molecular weight is 581 g/mol. The van der Waals surface area contributed by atoms with Gasteiger partial charge in [0, 0.05) is 32.8 Å². The van der Waals surface area contributed by atoms with Gasteiger partial charge in [-0.1, -0.05) is 51.1 Å². The first-order valence-corrected chi connectivity index (χ1v) is 14.4. The largest absolute Gasteiger partial charge is 0.461 e. The van der Waals surface area contributed by atoms with Crippen molar-refractivity contribution in [3.05, 3.63) is 59.2 Å². The fourth-order valence-electron chi connectivity index (χ4n) is 6.90. The molecule has 0 heterocycles. The molecule has 4 rings (SSSR count). The van der Waals surface area contributed by atoms with Crippen LogP contribution in [0.15, 0.2) is 53.6 Å². The zero-order valence-corrected chi connectivity index (χ0v) is 25.3. The van der Waals surface area contributed by atoms with Gasteiger partial charge < -0.3 is 18.9 Å². The topological polar surface area (TPSA) is 122 Å². The first kappa shape index (κ1) is 31.2. The smallest absolute Gasteiger partial charge is 0.338 e. The van der Waals surface area contributed by atoms with E-state index in [2.05, 4.69) is 13.8 Å². The lowest BCUT2D eigenvalue weighted by Crippen LogP contribution is -2.55. The van der Waals surface area contributed by atoms with Gasteiger partial charge in [0.2, 0.25) is 5.78 Å². The Balaban J connectivity index is 1.94. The van der Waals surface area contributed by atoms with Crippen LogP contribution in [0.5, 0.6) is 0 Å². The van der Waals surface area contributed by atoms with E-state index in [0.29, 0.717) is 23.1 Å². The van der Waals surface area contributed by atoms with Crippen molar-refractivity contribution in [1.82, 2.24) is 0 Å². The van der Waals surface area contributed by atoms with Crippen molar-refractivity contribution >= 4 is 29.7 Å². The summed E-state index contributed by atoms with van der Waals surface area (Å²) in [6, 6.07) is 8.40. The molecule has 0 amide bonds. The number of ketones is 1. The summed E-state index contributed by atoms with van der Waals surface area (Å²) in [6.45, 7) is 11.3. The number of carbonyl (C=O) groups is 5. The first-order valence-electron chi connectivity index (χ1n) is 14.4. The average Bonchev–Trinajstić information content (AvgIpc) is 3.30. The Labute approximate surface area is 246 Å². The van der Waals surface area contributed by atoms with Gasteiger partial charge in [0.05, 0.1) is 11.5 Å². The van der Waals surface area contributed by atoms with E-state index in [9.17, 15) is 24.0 Å². The predicted octanol–water partition coefficient (Wildman–Crippen LogP) is 4.78. The van der Waals surface area contributed by atoms with Crippen molar-refractivity contribution in [3.63, 3.8) is 0 Å². The number of fused-ring (bicyclic) bond motifs is 2. The second-order valence-electron chi connectivity index (χ2n) is 12.4. The number of ether oxygens (including phenoxy) is 4. The second-order valence-corrected chi connectivity index (χ2v) is 12.4. The minimum absolute atomic E-state index is 0.0318. The molecule has 0 radical (unpaired) electrons. The molecule has 42 heavy (non-hydrogen) atoms. The molecule has 2 fully saturated rings. The number of allylic oxidation sites excluding steroid dienone is 2. The predicted molar refractivity (Wildman–Crippen MR) is 152 cm³/mol. The summed E-state index contributed by atoms with van der Waals surface area (Å²) in [7, 11) is 0. The number of hydrogen-bond donors (Lipinski definition) is 0. The highest BCUT2D eigenvalue weighted by atomic mass is 16.6. The van der Waals surface area contributed by atoms with Gasteiger partial charge in [-0.25, -0.2) is 4.79 Å². The Hall–Kier alpha value is -3.75. The van der Waals surface area contributed by atoms with Crippen LogP contribution < -0.4 is 0 Å². The van der Waals surface area contributed by atoms with E-state index < -0.39 is 59.3 Å². The Morgan fingerprint density at radius 1 is 0.952 bits per heavy atom. The van der Waals surface area contributed by atoms with Crippen LogP contribution in [0.4, 0.5) is 0 Å². The summed E-state index contributed by atoms with van der Waals surface area (Å²) in [5, 5.41) is 0. The van der Waals surface area contributed by atoms with Crippen LogP contribution in [0, 0.1) is 29.1 Å². The highest BCUT2D eigenvalue weighted by molar-refractivity contribution is 6.03. The van der Waals surface area contributed by atoms with Gasteiger partial charge in [-0.2, -0.15) is 0 Å². The number of Topliss-reactive ketones (excluding diaryl/α,β-unsaturated/α-hetero) is 1. The van der Waals surface area contributed by atoms with Crippen LogP contribution in [0.1, 0.15) is 71.7 Å². The lowest BCUT2D eigenvalue weighted by Gasteiger charge is -2.40. The number of esters is 4. The molecule has 3 aliphatic carbocycles. The van der Waals surface area contributed by atoms with E-state index in [1.807, 2.05) is 12.2 Å². The minimum Gasteiger partial charge on any atom is -0.461 e. The lowest BCUT2D eigenvalue weighted by molar-refractivity contribution is -0.179. The third-order valence-corrected chi connectivity index (χ3v) is 9.03. The molecule has 9 nitrogen and oxygen atoms in total. The van der Waals surface area contributed by atoms with Crippen LogP contribution in [0.2, 0.25) is 0 Å². The van der Waals surface area contributed by atoms with Crippen LogP contribution in [0.25, 0.3) is 0 Å². The summed E-state index contributed by atoms with van der Waals surface area (Å²) in [5.74, 6) is -4.28. The van der Waals surface area contributed by atoms with Gasteiger partial charge in [0.25, 0.3) is 0 Å². The number of benzene rings is 1. The van der Waals surface area contributed by atoms with E-state index in [-0.39, 0.29) is 30.3 Å². The third kappa shape index (κ3) is 6.05. The van der Waals surface area contributed by atoms with Crippen LogP contribution in [-0.2, 0) is 38.1 Å². The Kier molecular flexibility index (Phi) is 8.81. The molecule has 0 bridgehead atoms. The highest BCUT2D eigenvalue weighted by Gasteiger charge is 2.65. The number of rotatable bonds is 6. The molecule has 3 aliphatic rings. The van der Waals surface area contributed by atoms with Crippen molar-refractivity contribution in [2.45, 2.75) is 79.1 Å². The SMILES string of the molecule is CC(=O)OC/C1=C/C[C@H]2[C@@H](/C=C(/C)C(=O)[C@@]3(OC(C)=O)C[C@H](C)[C@H](OC(=O)c4ccccc4)[C@@H]3[C@H]1OC(C)=O)C2(C)C. The number of carbonyl (C=O) groups excluding carboxylic acids is 5. The zero-order chi connectivity index (χ0) is 31.0. The molecule has 9 heteroatoms. The van der Waals surface area contributed by atoms with E-state index in [1.165, 1.54) is 20.8 Å². The first-order chi connectivity index (χ1) is 19.7. The Morgan fingerprint density at radius 2 is 1.62 bits per heavy atom. The standard InChI is InChI=1S/C33H40O9/c1-18-15-26-25(32(26,6)7)14-13-24(17-39-20(3)34)29(40-21(4)35)27-28(41-31(38)23-11-9-8-10-12-23)19(2)16-33(27,30(18)37)42-22(5)36/h8-13,15,19,25-29H,14,16-17H2,1-7H3/b18-15-,24-13-/t19-,25-,26+,27+,28-,29-,33+/m0/s1. The molecule has 0 aliphatic heterocycles. The van der Waals surface area contributed by atoms with Gasteiger partial charge in [-0.15, -0.1) is 0 Å². The van der Waals surface area contributed by atoms with Gasteiger partial charge >= 0.3 is 23.9 Å². The normalized spacial score (nSPS) is 34.1. The maximum atomic E-state index is 14.5. The molecule has 0 saturated heterocycles. The molecule has 0 aromatic heterocycles. The van der Waals surface area contributed by atoms with E-state index in [4.69, 9.17) is 18.9 Å². The molecule has 7 atom stereocenters. The Bertz CT molecular complexity index is 1320. The van der Waals surface area contributed by atoms with Crippen molar-refractivity contribution in [2.24, 2.45) is 29.1 Å². The van der Waals surface area contributed by atoms with Crippen molar-refractivity contribution in [3.8, 4) is 0 Å². The fourth-order valence-corrected chi connectivity index (χ4v) is 6.90. The van der Waals surface area contributed by atoms with Crippen LogP contribution in [0.3, 0.4) is 0 Å². The van der Waals surface area contributed by atoms with E-state index in [1.54, 1.807) is 44.2 Å². The maximum absolute atomic E-state index is 14.5. The third-order valence-electron chi connectivity index (χ3n) is 9.03. The summed E-state index contributed by atoms with van der Waals surface area (Å²) >= 11 is 0. The fraction of sp³-hybridized carbons (Fsp3) is 0.545. The van der Waals surface area contributed by atoms with Crippen LogP contribution in [-0.4, -0.2) is 54.1 Å². The molecule has 0 N–H and O–H groups in total. The molecule has 0 spiro atoms. The summed E-state index contributed by atoms with van der Waals surface area (Å²) in [4.78, 5) is 65.1. The highest BCUT2D eigenvalue weighted by Crippen LogP contribution is 2.62. The van der Waals surface area contributed by atoms with Crippen molar-refractivity contribution < 1.29 is 42.9 Å². The lowest BCUT2D eigenvalue weighted by atomic mass is 9.76. The molecule has 226 valence electrons. The second kappa shape index (κ2) is 11.9.